The number of nitrogens with zero attached hydrogens (tertiary/aromatic N) is 1. The molecular formula is C22H22FNO7. The van der Waals surface area contributed by atoms with Crippen molar-refractivity contribution in [2.24, 2.45) is 0 Å². The predicted molar refractivity (Wildman–Crippen MR) is 107 cm³/mol. The molecule has 0 saturated heterocycles. The van der Waals surface area contributed by atoms with Crippen LogP contribution in [-0.2, 0) is 9.53 Å². The van der Waals surface area contributed by atoms with Crippen LogP contribution >= 0.6 is 0 Å². The lowest BCUT2D eigenvalue weighted by Crippen LogP contribution is -2.33. The van der Waals surface area contributed by atoms with Crippen LogP contribution in [0.4, 0.5) is 9.18 Å². The summed E-state index contributed by atoms with van der Waals surface area (Å²) in [5.74, 6) is -1.49. The first kappa shape index (κ1) is 22.2. The van der Waals surface area contributed by atoms with Gasteiger partial charge in [0.25, 0.3) is 0 Å². The third kappa shape index (κ3) is 5.79. The summed E-state index contributed by atoms with van der Waals surface area (Å²) in [6.07, 6.45) is -0.738. The minimum absolute atomic E-state index is 0.0628. The lowest BCUT2D eigenvalue weighted by molar-refractivity contribution is -0.138. The van der Waals surface area contributed by atoms with E-state index in [9.17, 15) is 18.8 Å². The number of carbonyl (C=O) groups excluding carboxylic acids is 2. The van der Waals surface area contributed by atoms with Gasteiger partial charge in [0.1, 0.15) is 23.9 Å². The molecule has 1 amide bonds. The zero-order valence-electron chi connectivity index (χ0n) is 16.9. The fourth-order valence-electron chi connectivity index (χ4n) is 3.00. The topological polar surface area (TPSA) is 102 Å². The molecule has 9 heteroatoms. The maximum Gasteiger partial charge on any atom is 0.415 e. The van der Waals surface area contributed by atoms with E-state index in [4.69, 9.17) is 19.3 Å². The largest absolute Gasteiger partial charge is 0.492 e. The van der Waals surface area contributed by atoms with Gasteiger partial charge in [-0.2, -0.15) is 0 Å². The van der Waals surface area contributed by atoms with E-state index in [0.717, 1.165) is 0 Å². The van der Waals surface area contributed by atoms with Crippen LogP contribution in [0.25, 0.3) is 0 Å². The number of carboxylic acids is 1. The summed E-state index contributed by atoms with van der Waals surface area (Å²) in [6.45, 7) is 0.555. The highest BCUT2D eigenvalue weighted by Gasteiger charge is 2.30. The van der Waals surface area contributed by atoms with E-state index in [1.807, 2.05) is 0 Å². The van der Waals surface area contributed by atoms with E-state index in [0.29, 0.717) is 16.9 Å². The van der Waals surface area contributed by atoms with E-state index in [1.165, 1.54) is 42.3 Å². The van der Waals surface area contributed by atoms with Crippen LogP contribution in [0.15, 0.2) is 42.5 Å². The molecule has 1 aliphatic heterocycles. The normalized spacial score (nSPS) is 15.0. The van der Waals surface area contributed by atoms with Gasteiger partial charge in [-0.05, 0) is 29.8 Å². The predicted octanol–water partition coefficient (Wildman–Crippen LogP) is 3.11. The van der Waals surface area contributed by atoms with Gasteiger partial charge in [0, 0.05) is 19.7 Å². The van der Waals surface area contributed by atoms with Gasteiger partial charge in [0.15, 0.2) is 5.78 Å². The fourth-order valence-corrected chi connectivity index (χ4v) is 3.00. The van der Waals surface area contributed by atoms with E-state index >= 15 is 0 Å². The lowest BCUT2D eigenvalue weighted by atomic mass is 9.89. The monoisotopic (exact) mass is 431 g/mol. The number of ether oxygens (including phenoxy) is 3. The van der Waals surface area contributed by atoms with Crippen molar-refractivity contribution in [3.05, 3.63) is 59.4 Å². The fraction of sp³-hybridized carbons (Fsp3) is 0.318. The molecule has 164 valence electrons. The number of carbonyl (C=O) groups is 3. The van der Waals surface area contributed by atoms with E-state index in [-0.39, 0.29) is 50.1 Å². The molecule has 0 radical (unpaired) electrons. The number of benzene rings is 2. The number of rotatable bonds is 8. The first-order chi connectivity index (χ1) is 14.8. The van der Waals surface area contributed by atoms with Gasteiger partial charge in [-0.15, -0.1) is 0 Å². The van der Waals surface area contributed by atoms with Gasteiger partial charge in [-0.1, -0.05) is 12.1 Å². The van der Waals surface area contributed by atoms with Crippen LogP contribution in [0.5, 0.6) is 11.5 Å². The number of hydrogen-bond donors (Lipinski definition) is 1. The number of ketones is 1. The molecule has 8 nitrogen and oxygen atoms in total. The summed E-state index contributed by atoms with van der Waals surface area (Å²) in [5.41, 5.74) is 1.03. The van der Waals surface area contributed by atoms with Crippen LogP contribution in [0.1, 0.15) is 28.3 Å². The molecule has 0 bridgehead atoms. The Morgan fingerprint density at radius 1 is 1.19 bits per heavy atom. The van der Waals surface area contributed by atoms with Gasteiger partial charge in [0.05, 0.1) is 31.1 Å². The molecule has 3 rings (SSSR count). The number of likely N-dealkylation sites (N-methyl/N-ethyl adjacent to an activating group) is 1. The molecule has 31 heavy (non-hydrogen) atoms. The second kappa shape index (κ2) is 10.0. The SMILES string of the molecule is CN(CCOCCC(=O)O)C(=O)Oc1ccc2c(c1)OCC(c1ccc(F)cc1)C2=O. The number of hydrogen-bond acceptors (Lipinski definition) is 6. The molecule has 2 aromatic rings. The third-order valence-electron chi connectivity index (χ3n) is 4.76. The van der Waals surface area contributed by atoms with Crippen LogP contribution < -0.4 is 9.47 Å². The van der Waals surface area contributed by atoms with Gasteiger partial charge < -0.3 is 24.2 Å². The summed E-state index contributed by atoms with van der Waals surface area (Å²) in [5, 5.41) is 8.55. The standard InChI is InChI=1S/C22H22FNO7/c1-24(9-11-29-10-8-20(25)26)22(28)31-16-6-7-17-19(12-16)30-13-18(21(17)27)14-2-4-15(23)5-3-14/h2-7,12,18H,8-11,13H2,1H3,(H,25,26). The summed E-state index contributed by atoms with van der Waals surface area (Å²) in [6, 6.07) is 10.2. The highest BCUT2D eigenvalue weighted by Crippen LogP contribution is 2.35. The first-order valence-corrected chi connectivity index (χ1v) is 9.64. The Morgan fingerprint density at radius 2 is 1.94 bits per heavy atom. The Morgan fingerprint density at radius 3 is 2.65 bits per heavy atom. The minimum atomic E-state index is -0.954. The summed E-state index contributed by atoms with van der Waals surface area (Å²) in [4.78, 5) is 36.7. The van der Waals surface area contributed by atoms with Crippen molar-refractivity contribution < 1.29 is 38.1 Å². The van der Waals surface area contributed by atoms with Gasteiger partial charge >= 0.3 is 12.1 Å². The van der Waals surface area contributed by atoms with Gasteiger partial charge in [-0.25, -0.2) is 9.18 Å². The number of aliphatic carboxylic acids is 1. The quantitative estimate of drug-likeness (QED) is 0.641. The molecule has 1 atom stereocenters. The molecule has 2 aromatic carbocycles. The Bertz CT molecular complexity index is 961. The number of amides is 1. The molecular weight excluding hydrogens is 409 g/mol. The van der Waals surface area contributed by atoms with E-state index in [1.54, 1.807) is 12.1 Å². The zero-order chi connectivity index (χ0) is 22.4. The average Bonchev–Trinajstić information content (AvgIpc) is 2.74. The average molecular weight is 431 g/mol. The van der Waals surface area contributed by atoms with Gasteiger partial charge in [0.2, 0.25) is 0 Å². The van der Waals surface area contributed by atoms with Crippen molar-refractivity contribution in [3.8, 4) is 11.5 Å². The van der Waals surface area contributed by atoms with Crippen molar-refractivity contribution in [2.75, 3.05) is 33.4 Å². The maximum atomic E-state index is 13.1. The summed E-state index contributed by atoms with van der Waals surface area (Å²) < 4.78 is 29.3. The lowest BCUT2D eigenvalue weighted by Gasteiger charge is -2.25. The van der Waals surface area contributed by atoms with E-state index in [2.05, 4.69) is 0 Å². The molecule has 0 aromatic heterocycles. The number of carboxylic acid groups (broad SMARTS) is 1. The second-order valence-electron chi connectivity index (χ2n) is 6.98. The molecule has 1 unspecified atom stereocenters. The van der Waals surface area contributed by atoms with Crippen molar-refractivity contribution >= 4 is 17.8 Å². The van der Waals surface area contributed by atoms with Crippen molar-refractivity contribution in [1.82, 2.24) is 4.90 Å². The molecule has 1 heterocycles. The summed E-state index contributed by atoms with van der Waals surface area (Å²) >= 11 is 0. The molecule has 0 aliphatic carbocycles. The highest BCUT2D eigenvalue weighted by atomic mass is 19.1. The van der Waals surface area contributed by atoms with Crippen LogP contribution in [0, 0.1) is 5.82 Å². The van der Waals surface area contributed by atoms with Crippen molar-refractivity contribution in [2.45, 2.75) is 12.3 Å². The number of fused-ring (bicyclic) bond motifs is 1. The number of Topliss-reactive ketones (excluding diaryl/α,β-unsaturated/α-hetero) is 1. The Balaban J connectivity index is 1.57. The molecule has 1 aliphatic rings. The molecule has 1 N–H and O–H groups in total. The highest BCUT2D eigenvalue weighted by molar-refractivity contribution is 6.04. The first-order valence-electron chi connectivity index (χ1n) is 9.64. The number of halogens is 1. The zero-order valence-corrected chi connectivity index (χ0v) is 16.9. The minimum Gasteiger partial charge on any atom is -0.492 e. The molecule has 0 spiro atoms. The maximum absolute atomic E-state index is 13.1. The van der Waals surface area contributed by atoms with Gasteiger partial charge in [-0.3, -0.25) is 9.59 Å². The summed E-state index contributed by atoms with van der Waals surface area (Å²) in [7, 11) is 1.52. The second-order valence-corrected chi connectivity index (χ2v) is 6.98. The Labute approximate surface area is 178 Å². The van der Waals surface area contributed by atoms with E-state index < -0.39 is 18.0 Å². The third-order valence-corrected chi connectivity index (χ3v) is 4.76. The molecule has 0 saturated carbocycles. The van der Waals surface area contributed by atoms with Crippen molar-refractivity contribution in [1.29, 1.82) is 0 Å². The van der Waals surface area contributed by atoms with Crippen LogP contribution in [0.3, 0.4) is 0 Å². The van der Waals surface area contributed by atoms with Crippen LogP contribution in [-0.4, -0.2) is 61.3 Å². The van der Waals surface area contributed by atoms with Crippen LogP contribution in [0.2, 0.25) is 0 Å². The Kier molecular flexibility index (Phi) is 7.19. The molecule has 0 fully saturated rings. The van der Waals surface area contributed by atoms with Crippen molar-refractivity contribution in [3.63, 3.8) is 0 Å². The smallest absolute Gasteiger partial charge is 0.415 e. The Hall–Kier alpha value is -3.46.